The van der Waals surface area contributed by atoms with Gasteiger partial charge in [0.15, 0.2) is 0 Å². The molecule has 142 valence electrons. The molecule has 0 aromatic heterocycles. The van der Waals surface area contributed by atoms with E-state index in [4.69, 9.17) is 0 Å². The molecule has 3 rings (SSSR count). The van der Waals surface area contributed by atoms with E-state index in [2.05, 4.69) is 0 Å². The summed E-state index contributed by atoms with van der Waals surface area (Å²) in [5.74, 6) is 0.288. The van der Waals surface area contributed by atoms with Crippen molar-refractivity contribution in [3.05, 3.63) is 35.4 Å². The first-order valence-electron chi connectivity index (χ1n) is 9.73. The van der Waals surface area contributed by atoms with Gasteiger partial charge in [-0.15, -0.1) is 0 Å². The quantitative estimate of drug-likeness (QED) is 0.880. The van der Waals surface area contributed by atoms with Gasteiger partial charge in [-0.25, -0.2) is 0 Å². The summed E-state index contributed by atoms with van der Waals surface area (Å²) >= 11 is 0. The molecule has 5 heteroatoms. The third-order valence-electron chi connectivity index (χ3n) is 5.46. The van der Waals surface area contributed by atoms with Crippen molar-refractivity contribution in [1.82, 2.24) is 9.80 Å². The first kappa shape index (κ1) is 18.9. The van der Waals surface area contributed by atoms with Crippen molar-refractivity contribution < 1.29 is 14.7 Å². The number of hydrogen-bond donors (Lipinski definition) is 1. The standard InChI is InChI=1S/C21H30N2O3/c1-21(2,26)12-11-16-7-9-17(10-8-16)20(25)22-13-3-5-18(15-22)23-14-4-6-19(23)24/h7-10,18,26H,3-6,11-15H2,1-2H3. The Kier molecular flexibility index (Phi) is 5.66. The van der Waals surface area contributed by atoms with Gasteiger partial charge < -0.3 is 14.9 Å². The summed E-state index contributed by atoms with van der Waals surface area (Å²) in [4.78, 5) is 28.7. The van der Waals surface area contributed by atoms with Crippen LogP contribution >= 0.6 is 0 Å². The molecule has 0 spiro atoms. The van der Waals surface area contributed by atoms with E-state index in [-0.39, 0.29) is 17.9 Å². The van der Waals surface area contributed by atoms with E-state index in [0.29, 0.717) is 24.9 Å². The summed E-state index contributed by atoms with van der Waals surface area (Å²) in [6.07, 6.45) is 5.01. The minimum atomic E-state index is -0.676. The topological polar surface area (TPSA) is 60.9 Å². The number of likely N-dealkylation sites (tertiary alicyclic amines) is 2. The molecule has 2 amide bonds. The van der Waals surface area contributed by atoms with Gasteiger partial charge in [0.1, 0.15) is 0 Å². The van der Waals surface area contributed by atoms with Crippen LogP contribution in [0.25, 0.3) is 0 Å². The first-order valence-corrected chi connectivity index (χ1v) is 9.73. The lowest BCUT2D eigenvalue weighted by molar-refractivity contribution is -0.130. The van der Waals surface area contributed by atoms with E-state index in [0.717, 1.165) is 44.3 Å². The zero-order valence-electron chi connectivity index (χ0n) is 15.9. The summed E-state index contributed by atoms with van der Waals surface area (Å²) in [5, 5.41) is 9.84. The van der Waals surface area contributed by atoms with E-state index >= 15 is 0 Å². The van der Waals surface area contributed by atoms with Crippen molar-refractivity contribution in [3.8, 4) is 0 Å². The van der Waals surface area contributed by atoms with E-state index in [1.165, 1.54) is 0 Å². The molecule has 1 N–H and O–H groups in total. The average molecular weight is 358 g/mol. The third kappa shape index (κ3) is 4.64. The van der Waals surface area contributed by atoms with Crippen molar-refractivity contribution in [3.63, 3.8) is 0 Å². The lowest BCUT2D eigenvalue weighted by Crippen LogP contribution is -2.50. The van der Waals surface area contributed by atoms with Crippen molar-refractivity contribution in [2.24, 2.45) is 0 Å². The molecule has 2 aliphatic rings. The molecule has 5 nitrogen and oxygen atoms in total. The maximum atomic E-state index is 12.9. The van der Waals surface area contributed by atoms with Gasteiger partial charge in [0.05, 0.1) is 5.60 Å². The Morgan fingerprint density at radius 1 is 1.19 bits per heavy atom. The molecule has 2 heterocycles. The van der Waals surface area contributed by atoms with Crippen LogP contribution in [0.2, 0.25) is 0 Å². The average Bonchev–Trinajstić information content (AvgIpc) is 3.05. The zero-order valence-corrected chi connectivity index (χ0v) is 15.9. The minimum Gasteiger partial charge on any atom is -0.390 e. The highest BCUT2D eigenvalue weighted by Gasteiger charge is 2.33. The highest BCUT2D eigenvalue weighted by molar-refractivity contribution is 5.94. The Balaban J connectivity index is 1.60. The van der Waals surface area contributed by atoms with Gasteiger partial charge in [-0.05, 0) is 63.6 Å². The number of rotatable bonds is 5. The fourth-order valence-electron chi connectivity index (χ4n) is 3.90. The van der Waals surface area contributed by atoms with Crippen molar-refractivity contribution >= 4 is 11.8 Å². The molecule has 0 aliphatic carbocycles. The number of aliphatic hydroxyl groups is 1. The molecule has 0 radical (unpaired) electrons. The summed E-state index contributed by atoms with van der Waals surface area (Å²) in [6, 6.07) is 7.89. The molecule has 1 atom stereocenters. The van der Waals surface area contributed by atoms with Crippen LogP contribution in [-0.2, 0) is 11.2 Å². The minimum absolute atomic E-state index is 0.0513. The Labute approximate surface area is 156 Å². The highest BCUT2D eigenvalue weighted by atomic mass is 16.3. The molecule has 0 saturated carbocycles. The fourth-order valence-corrected chi connectivity index (χ4v) is 3.90. The SMILES string of the molecule is CC(C)(O)CCc1ccc(C(=O)N2CCCC(N3CCCC3=O)C2)cc1. The first-order chi connectivity index (χ1) is 12.3. The van der Waals surface area contributed by atoms with Crippen LogP contribution in [0.5, 0.6) is 0 Å². The number of hydrogen-bond acceptors (Lipinski definition) is 3. The Morgan fingerprint density at radius 2 is 1.92 bits per heavy atom. The van der Waals surface area contributed by atoms with Crippen LogP contribution in [0.3, 0.4) is 0 Å². The van der Waals surface area contributed by atoms with Gasteiger partial charge in [-0.1, -0.05) is 12.1 Å². The number of benzene rings is 1. The number of amides is 2. The summed E-state index contributed by atoms with van der Waals surface area (Å²) in [7, 11) is 0. The maximum Gasteiger partial charge on any atom is 0.253 e. The van der Waals surface area contributed by atoms with Crippen molar-refractivity contribution in [2.45, 2.75) is 64.0 Å². The summed E-state index contributed by atoms with van der Waals surface area (Å²) < 4.78 is 0. The third-order valence-corrected chi connectivity index (χ3v) is 5.46. The fraction of sp³-hybridized carbons (Fsp3) is 0.619. The monoisotopic (exact) mass is 358 g/mol. The Morgan fingerprint density at radius 3 is 2.54 bits per heavy atom. The van der Waals surface area contributed by atoms with Crippen LogP contribution in [0.1, 0.15) is 61.9 Å². The summed E-state index contributed by atoms with van der Waals surface area (Å²) in [5.41, 5.74) is 1.15. The lowest BCUT2D eigenvalue weighted by atomic mass is 9.98. The second kappa shape index (κ2) is 7.78. The van der Waals surface area contributed by atoms with Crippen LogP contribution in [0.4, 0.5) is 0 Å². The van der Waals surface area contributed by atoms with Crippen LogP contribution in [0.15, 0.2) is 24.3 Å². The molecule has 0 bridgehead atoms. The molecule has 1 unspecified atom stereocenters. The van der Waals surface area contributed by atoms with E-state index < -0.39 is 5.60 Å². The van der Waals surface area contributed by atoms with Gasteiger partial charge in [-0.3, -0.25) is 9.59 Å². The van der Waals surface area contributed by atoms with E-state index in [1.807, 2.05) is 47.9 Å². The van der Waals surface area contributed by atoms with Crippen LogP contribution in [-0.4, -0.2) is 58.0 Å². The lowest BCUT2D eigenvalue weighted by Gasteiger charge is -2.37. The predicted octanol–water partition coefficient (Wildman–Crippen LogP) is 2.62. The van der Waals surface area contributed by atoms with E-state index in [1.54, 1.807) is 0 Å². The van der Waals surface area contributed by atoms with Crippen molar-refractivity contribution in [2.75, 3.05) is 19.6 Å². The number of carbonyl (C=O) groups is 2. The normalized spacial score (nSPS) is 21.3. The highest BCUT2D eigenvalue weighted by Crippen LogP contribution is 2.23. The summed E-state index contributed by atoms with van der Waals surface area (Å²) in [6.45, 7) is 5.86. The number of aryl methyl sites for hydroxylation is 1. The Hall–Kier alpha value is -1.88. The molecule has 2 saturated heterocycles. The largest absolute Gasteiger partial charge is 0.390 e. The second-order valence-electron chi connectivity index (χ2n) is 8.25. The van der Waals surface area contributed by atoms with Crippen LogP contribution in [0, 0.1) is 0 Å². The second-order valence-corrected chi connectivity index (χ2v) is 8.25. The molecule has 1 aromatic rings. The van der Waals surface area contributed by atoms with Gasteiger partial charge in [0.25, 0.3) is 5.91 Å². The van der Waals surface area contributed by atoms with Gasteiger partial charge in [0, 0.05) is 37.7 Å². The van der Waals surface area contributed by atoms with Gasteiger partial charge >= 0.3 is 0 Å². The van der Waals surface area contributed by atoms with Crippen LogP contribution < -0.4 is 0 Å². The number of carbonyl (C=O) groups excluding carboxylic acids is 2. The molecule has 2 fully saturated rings. The molecule has 26 heavy (non-hydrogen) atoms. The van der Waals surface area contributed by atoms with Gasteiger partial charge in [-0.2, -0.15) is 0 Å². The Bertz CT molecular complexity index is 648. The predicted molar refractivity (Wildman–Crippen MR) is 101 cm³/mol. The van der Waals surface area contributed by atoms with E-state index in [9.17, 15) is 14.7 Å². The number of nitrogens with zero attached hydrogens (tertiary/aromatic N) is 2. The molecule has 2 aliphatic heterocycles. The number of piperidine rings is 1. The van der Waals surface area contributed by atoms with Crippen molar-refractivity contribution in [1.29, 1.82) is 0 Å². The van der Waals surface area contributed by atoms with Gasteiger partial charge in [0.2, 0.25) is 5.91 Å². The molecular weight excluding hydrogens is 328 g/mol. The molecule has 1 aromatic carbocycles. The zero-order chi connectivity index (χ0) is 18.7. The smallest absolute Gasteiger partial charge is 0.253 e. The molecular formula is C21H30N2O3. The maximum absolute atomic E-state index is 12.9.